The zero-order valence-electron chi connectivity index (χ0n) is 6.83. The number of aliphatic hydroxyl groups excluding tert-OH is 1. The van der Waals surface area contributed by atoms with Crippen LogP contribution in [0.4, 0.5) is 0 Å². The van der Waals surface area contributed by atoms with Crippen LogP contribution >= 0.6 is 0 Å². The van der Waals surface area contributed by atoms with E-state index < -0.39 is 6.29 Å². The van der Waals surface area contributed by atoms with E-state index in [0.717, 1.165) is 6.42 Å². The van der Waals surface area contributed by atoms with Crippen molar-refractivity contribution >= 4 is 0 Å². The highest BCUT2D eigenvalue weighted by atomic mass is 16.7. The predicted molar refractivity (Wildman–Crippen MR) is 38.5 cm³/mol. The van der Waals surface area contributed by atoms with E-state index in [1.807, 2.05) is 13.8 Å². The van der Waals surface area contributed by atoms with E-state index in [-0.39, 0.29) is 6.29 Å². The first-order chi connectivity index (χ1) is 4.74. The highest BCUT2D eigenvalue weighted by Gasteiger charge is 2.08. The molecule has 62 valence electrons. The van der Waals surface area contributed by atoms with Gasteiger partial charge in [0.05, 0.1) is 0 Å². The lowest BCUT2D eigenvalue weighted by molar-refractivity contribution is -0.219. The zero-order chi connectivity index (χ0) is 7.98. The quantitative estimate of drug-likeness (QED) is 0.594. The molecule has 0 unspecified atom stereocenters. The Hall–Kier alpha value is -0.120. The molecule has 0 aliphatic rings. The van der Waals surface area contributed by atoms with Crippen molar-refractivity contribution in [2.24, 2.45) is 0 Å². The lowest BCUT2D eigenvalue weighted by Crippen LogP contribution is -2.22. The molecule has 3 nitrogen and oxygen atoms in total. The molecule has 1 N–H and O–H groups in total. The van der Waals surface area contributed by atoms with Crippen molar-refractivity contribution in [2.75, 3.05) is 7.11 Å². The summed E-state index contributed by atoms with van der Waals surface area (Å²) in [5.74, 6) is 0. The van der Waals surface area contributed by atoms with Crippen molar-refractivity contribution in [3.63, 3.8) is 0 Å². The van der Waals surface area contributed by atoms with Gasteiger partial charge in [-0.05, 0) is 12.8 Å². The second kappa shape index (κ2) is 5.65. The Morgan fingerprint density at radius 3 is 2.20 bits per heavy atom. The maximum atomic E-state index is 8.99. The molecule has 3 heteroatoms. The molecule has 0 fully saturated rings. The van der Waals surface area contributed by atoms with Crippen LogP contribution in [-0.2, 0) is 9.47 Å². The molecule has 0 aromatic carbocycles. The maximum absolute atomic E-state index is 8.99. The van der Waals surface area contributed by atoms with Crippen molar-refractivity contribution in [1.29, 1.82) is 0 Å². The number of rotatable bonds is 5. The Morgan fingerprint density at radius 1 is 1.30 bits per heavy atom. The Labute approximate surface area is 62.0 Å². The summed E-state index contributed by atoms with van der Waals surface area (Å²) >= 11 is 0. The van der Waals surface area contributed by atoms with Crippen LogP contribution < -0.4 is 0 Å². The van der Waals surface area contributed by atoms with E-state index >= 15 is 0 Å². The fraction of sp³-hybridized carbons (Fsp3) is 1.00. The topological polar surface area (TPSA) is 38.7 Å². The largest absolute Gasteiger partial charge is 0.368 e. The van der Waals surface area contributed by atoms with Gasteiger partial charge < -0.3 is 14.6 Å². The minimum Gasteiger partial charge on any atom is -0.368 e. The number of hydrogen-bond acceptors (Lipinski definition) is 3. The summed E-state index contributed by atoms with van der Waals surface area (Å²) in [7, 11) is 1.57. The van der Waals surface area contributed by atoms with Gasteiger partial charge in [0, 0.05) is 7.11 Å². The van der Waals surface area contributed by atoms with E-state index in [0.29, 0.717) is 6.42 Å². The monoisotopic (exact) mass is 148 g/mol. The minimum absolute atomic E-state index is 0.269. The lowest BCUT2D eigenvalue weighted by atomic mass is 10.4. The second-order valence-electron chi connectivity index (χ2n) is 2.07. The van der Waals surface area contributed by atoms with Crippen LogP contribution in [0.2, 0.25) is 0 Å². The Kier molecular flexibility index (Phi) is 5.58. The van der Waals surface area contributed by atoms with Crippen LogP contribution in [0.25, 0.3) is 0 Å². The molecule has 2 atom stereocenters. The van der Waals surface area contributed by atoms with Crippen LogP contribution in [0.3, 0.4) is 0 Å². The summed E-state index contributed by atoms with van der Waals surface area (Å²) in [4.78, 5) is 0. The van der Waals surface area contributed by atoms with E-state index in [2.05, 4.69) is 0 Å². The molecule has 0 radical (unpaired) electrons. The zero-order valence-corrected chi connectivity index (χ0v) is 6.83. The van der Waals surface area contributed by atoms with Crippen molar-refractivity contribution in [3.05, 3.63) is 0 Å². The standard InChI is InChI=1S/C7H16O3/c1-4-6(8)10-7(5-2)9-3/h6-8H,4-5H2,1-3H3/t6-,7-/m1/s1. The molecular formula is C7H16O3. The number of aliphatic hydroxyl groups is 1. The van der Waals surface area contributed by atoms with Gasteiger partial charge in [-0.25, -0.2) is 0 Å². The van der Waals surface area contributed by atoms with Crippen LogP contribution in [-0.4, -0.2) is 24.8 Å². The number of ether oxygens (including phenoxy) is 2. The molecule has 0 saturated carbocycles. The molecule has 0 bridgehead atoms. The van der Waals surface area contributed by atoms with Gasteiger partial charge in [-0.1, -0.05) is 13.8 Å². The van der Waals surface area contributed by atoms with Crippen molar-refractivity contribution < 1.29 is 14.6 Å². The van der Waals surface area contributed by atoms with E-state index in [4.69, 9.17) is 14.6 Å². The first-order valence-corrected chi connectivity index (χ1v) is 3.60. The van der Waals surface area contributed by atoms with Gasteiger partial charge in [0.2, 0.25) is 0 Å². The molecular weight excluding hydrogens is 132 g/mol. The summed E-state index contributed by atoms with van der Waals surface area (Å²) in [5, 5.41) is 8.99. The Morgan fingerprint density at radius 2 is 1.90 bits per heavy atom. The first-order valence-electron chi connectivity index (χ1n) is 3.60. The average Bonchev–Trinajstić information content (AvgIpc) is 1.99. The summed E-state index contributed by atoms with van der Waals surface area (Å²) in [5.41, 5.74) is 0. The summed E-state index contributed by atoms with van der Waals surface area (Å²) in [6, 6.07) is 0. The normalized spacial score (nSPS) is 16.8. The Balaban J connectivity index is 3.41. The SMILES string of the molecule is CC[C@H](OC)O[C@@H](O)CC. The van der Waals surface area contributed by atoms with Crippen LogP contribution in [0.5, 0.6) is 0 Å². The van der Waals surface area contributed by atoms with Gasteiger partial charge in [0.25, 0.3) is 0 Å². The third-order valence-electron chi connectivity index (χ3n) is 1.25. The highest BCUT2D eigenvalue weighted by molar-refractivity contribution is 4.40. The van der Waals surface area contributed by atoms with Crippen molar-refractivity contribution in [2.45, 2.75) is 39.3 Å². The van der Waals surface area contributed by atoms with Gasteiger partial charge in [-0.2, -0.15) is 0 Å². The van der Waals surface area contributed by atoms with Gasteiger partial charge >= 0.3 is 0 Å². The lowest BCUT2D eigenvalue weighted by Gasteiger charge is -2.17. The van der Waals surface area contributed by atoms with Gasteiger partial charge in [-0.3, -0.25) is 0 Å². The molecule has 0 rings (SSSR count). The van der Waals surface area contributed by atoms with Crippen molar-refractivity contribution in [3.8, 4) is 0 Å². The number of hydrogen-bond donors (Lipinski definition) is 1. The van der Waals surface area contributed by atoms with Gasteiger partial charge in [-0.15, -0.1) is 0 Å². The molecule has 0 heterocycles. The van der Waals surface area contributed by atoms with Crippen molar-refractivity contribution in [1.82, 2.24) is 0 Å². The van der Waals surface area contributed by atoms with Gasteiger partial charge in [0.15, 0.2) is 12.6 Å². The summed E-state index contributed by atoms with van der Waals surface area (Å²) in [6.07, 6.45) is 0.396. The van der Waals surface area contributed by atoms with Crippen LogP contribution in [0.1, 0.15) is 26.7 Å². The predicted octanol–water partition coefficient (Wildman–Crippen LogP) is 1.11. The van der Waals surface area contributed by atoms with Crippen LogP contribution in [0.15, 0.2) is 0 Å². The molecule has 0 aliphatic heterocycles. The molecule has 0 spiro atoms. The molecule has 0 aromatic heterocycles. The smallest absolute Gasteiger partial charge is 0.160 e. The third-order valence-corrected chi connectivity index (χ3v) is 1.25. The van der Waals surface area contributed by atoms with E-state index in [9.17, 15) is 0 Å². The molecule has 0 aliphatic carbocycles. The number of methoxy groups -OCH3 is 1. The molecule has 0 saturated heterocycles. The first kappa shape index (κ1) is 9.88. The average molecular weight is 148 g/mol. The Bertz CT molecular complexity index is 71.3. The fourth-order valence-corrected chi connectivity index (χ4v) is 0.590. The molecule has 10 heavy (non-hydrogen) atoms. The molecule has 0 aromatic rings. The highest BCUT2D eigenvalue weighted by Crippen LogP contribution is 2.03. The minimum atomic E-state index is -0.690. The van der Waals surface area contributed by atoms with Crippen LogP contribution in [0, 0.1) is 0 Å². The summed E-state index contributed by atoms with van der Waals surface area (Å²) in [6.45, 7) is 3.80. The van der Waals surface area contributed by atoms with Gasteiger partial charge in [0.1, 0.15) is 0 Å². The summed E-state index contributed by atoms with van der Waals surface area (Å²) < 4.78 is 9.92. The fourth-order valence-electron chi connectivity index (χ4n) is 0.590. The third kappa shape index (κ3) is 3.82. The molecule has 0 amide bonds. The second-order valence-corrected chi connectivity index (χ2v) is 2.07. The maximum Gasteiger partial charge on any atom is 0.160 e. The van der Waals surface area contributed by atoms with E-state index in [1.165, 1.54) is 0 Å². The van der Waals surface area contributed by atoms with E-state index in [1.54, 1.807) is 7.11 Å².